The molecule has 16 amide bonds. The Labute approximate surface area is 758 Å². The molecule has 1 heterocycles. The molecule has 2 aromatic carbocycles. The number of phenolic OH excluding ortho intramolecular Hbond substituents is 1. The summed E-state index contributed by atoms with van der Waals surface area (Å²) in [4.78, 5) is 260. The van der Waals surface area contributed by atoms with Gasteiger partial charge in [0.1, 0.15) is 84.3 Å². The van der Waals surface area contributed by atoms with Gasteiger partial charge in [0.05, 0.1) is 32.3 Å². The summed E-state index contributed by atoms with van der Waals surface area (Å²) in [6.07, 6.45) is -3.08. The van der Waals surface area contributed by atoms with Crippen molar-refractivity contribution in [1.29, 1.82) is 10.8 Å². The standard InChI is InChI=1S/C78H123N23O23S2.C2H4O2/c1-9-41(8)62(101-68(115)47(18-14-28-86-78(83)84)91-69(116)50(29-38(2)3)95-63(110)45(79)30-43-19-21-44(104)22-20-43)75(122)100-61(40(6)7)74(121)94-49(23-25-56(80)105)67(114)98-55-37-126-125-36-54(65(112)88-32-57(106)89-51(76(123)124)31-42-15-11-10-12-16-42)97-70(117)52(34-102)90-58(107)33-87-64(111)48(24-26-59(108)109)93-73(120)60(39(4)5)99-71(118)53(35-103)96-66(113)46(92-72(55)119)17-13-27-85-77(81)82;1-2(3)4/h10-12,15-16,19-22,38-41,45-55,60-62,102-104H,9,13-14,17-18,23-37,79H2,1-8H3,(H2,80,105)(H,87,111)(H,88,112)(H,89,106)(H,90,107)(H,91,116)(H,92,119)(H,93,120)(H,94,121)(H,95,110)(H,96,113)(H,97,117)(H,98,114)(H,99,118)(H,100,122)(H,101,115)(H,108,109)(H,123,124)(H4,81,82,85)(H4,83,84,86);1H3,(H,3,4). The van der Waals surface area contributed by atoms with Crippen LogP contribution in [0.2, 0.25) is 0 Å². The highest BCUT2D eigenvalue weighted by Gasteiger charge is 2.40. The zero-order chi connectivity index (χ0) is 98.2. The van der Waals surface area contributed by atoms with E-state index in [1.807, 2.05) is 0 Å². The summed E-state index contributed by atoms with van der Waals surface area (Å²) in [6.45, 7) is 9.37. The van der Waals surface area contributed by atoms with E-state index >= 15 is 9.59 Å². The fourth-order valence-electron chi connectivity index (χ4n) is 12.2. The van der Waals surface area contributed by atoms with Crippen LogP contribution in [0.1, 0.15) is 138 Å². The summed E-state index contributed by atoms with van der Waals surface area (Å²) < 4.78 is 0. The number of carboxylic acids is 3. The second kappa shape index (κ2) is 59.4. The van der Waals surface area contributed by atoms with E-state index in [2.05, 4.69) is 90.4 Å². The van der Waals surface area contributed by atoms with Crippen LogP contribution in [0.3, 0.4) is 0 Å². The lowest BCUT2D eigenvalue weighted by atomic mass is 9.95. The first kappa shape index (κ1) is 113. The number of aliphatic hydroxyl groups excluding tert-OH is 2. The molecule has 130 heavy (non-hydrogen) atoms. The van der Waals surface area contributed by atoms with Crippen molar-refractivity contribution >= 4 is 146 Å². The van der Waals surface area contributed by atoms with Crippen molar-refractivity contribution in [3.05, 3.63) is 65.7 Å². The molecule has 0 bridgehead atoms. The van der Waals surface area contributed by atoms with Gasteiger partial charge in [-0.05, 0) is 98.3 Å². The van der Waals surface area contributed by atoms with Gasteiger partial charge in [-0.1, -0.05) is 126 Å². The maximum Gasteiger partial charge on any atom is 0.326 e. The van der Waals surface area contributed by atoms with Gasteiger partial charge in [-0.3, -0.25) is 97.1 Å². The third kappa shape index (κ3) is 44.3. The number of carboxylic acid groups (broad SMARTS) is 3. The molecule has 3 rings (SSSR count). The number of hydrogen-bond donors (Lipinski definition) is 29. The van der Waals surface area contributed by atoms with Gasteiger partial charge >= 0.3 is 11.9 Å². The predicted octanol–water partition coefficient (Wildman–Crippen LogP) is -7.34. The van der Waals surface area contributed by atoms with Crippen LogP contribution in [0.5, 0.6) is 5.75 Å². The van der Waals surface area contributed by atoms with E-state index in [1.54, 1.807) is 70.2 Å². The fourth-order valence-corrected chi connectivity index (χ4v) is 14.5. The number of nitrogens with one attached hydrogen (secondary N) is 19. The molecule has 1 aliphatic heterocycles. The minimum Gasteiger partial charge on any atom is -0.508 e. The van der Waals surface area contributed by atoms with Crippen molar-refractivity contribution in [2.24, 2.45) is 46.6 Å². The number of amides is 16. The molecule has 48 nitrogen and oxygen atoms in total. The smallest absolute Gasteiger partial charge is 0.326 e. The Morgan fingerprint density at radius 2 is 1.05 bits per heavy atom. The summed E-state index contributed by atoms with van der Waals surface area (Å²) in [5.74, 6) is -26.0. The van der Waals surface area contributed by atoms with Crippen molar-refractivity contribution in [3.8, 4) is 5.75 Å². The molecule has 0 saturated carbocycles. The molecule has 0 aromatic heterocycles. The number of nitrogens with two attached hydrogens (primary N) is 4. The number of rotatable bonds is 43. The van der Waals surface area contributed by atoms with Crippen LogP contribution in [0.15, 0.2) is 54.6 Å². The average Bonchev–Trinajstić information content (AvgIpc) is 0.888. The van der Waals surface area contributed by atoms with Crippen molar-refractivity contribution in [1.82, 2.24) is 90.4 Å². The third-order valence-electron chi connectivity index (χ3n) is 19.4. The van der Waals surface area contributed by atoms with E-state index in [0.29, 0.717) is 32.7 Å². The van der Waals surface area contributed by atoms with E-state index in [0.717, 1.165) is 6.92 Å². The minimum atomic E-state index is -1.96. The Balaban J connectivity index is 0.0000140. The molecule has 0 spiro atoms. The molecule has 1 fully saturated rings. The monoisotopic (exact) mass is 1870 g/mol. The lowest BCUT2D eigenvalue weighted by molar-refractivity contribution is -0.142. The Morgan fingerprint density at radius 1 is 0.531 bits per heavy atom. The Kier molecular flexibility index (Phi) is 51.8. The number of hydrogen-bond acceptors (Lipinski definition) is 27. The van der Waals surface area contributed by atoms with Crippen molar-refractivity contribution in [3.63, 3.8) is 0 Å². The molecule has 15 atom stereocenters. The normalized spacial score (nSPS) is 19.3. The van der Waals surface area contributed by atoms with Gasteiger partial charge in [0.15, 0.2) is 11.9 Å². The number of guanidine groups is 2. The highest BCUT2D eigenvalue weighted by atomic mass is 33.1. The number of carbonyl (C=O) groups is 19. The minimum absolute atomic E-state index is 0.0164. The molecule has 0 radical (unpaired) electrons. The second-order valence-corrected chi connectivity index (χ2v) is 34.0. The van der Waals surface area contributed by atoms with Crippen LogP contribution >= 0.6 is 21.6 Å². The molecule has 33 N–H and O–H groups in total. The quantitative estimate of drug-likeness (QED) is 0.0127. The maximum absolute atomic E-state index is 15.1. The Hall–Kier alpha value is -12.7. The van der Waals surface area contributed by atoms with Crippen LogP contribution in [0.25, 0.3) is 0 Å². The molecule has 15 unspecified atom stereocenters. The zero-order valence-electron chi connectivity index (χ0n) is 73.8. The van der Waals surface area contributed by atoms with Gasteiger partial charge < -0.3 is 144 Å². The summed E-state index contributed by atoms with van der Waals surface area (Å²) in [5, 5.41) is 115. The first-order chi connectivity index (χ1) is 61.1. The number of benzene rings is 2. The van der Waals surface area contributed by atoms with E-state index in [4.69, 9.17) is 43.7 Å². The predicted molar refractivity (Wildman–Crippen MR) is 473 cm³/mol. The van der Waals surface area contributed by atoms with Gasteiger partial charge in [-0.15, -0.1) is 0 Å². The SMILES string of the molecule is CC(=O)O.CCC(C)C(NC(=O)C(CCCNC(=N)N)NC(=O)C(CC(C)C)NC(=O)C(N)Cc1ccc(O)cc1)C(=O)NC(C(=O)NC(CCC(N)=O)C(=O)NC1CSSCC(C(=O)NCC(=O)NC(Cc2ccccc2)C(=O)O)NC(=O)C(CO)NC(=O)CNC(=O)C(CCC(=O)O)NC(=O)C(C(C)C)NC(=O)C(CO)NC(=O)C(CCCNC(=N)N)NC1=O)C(C)C. The fraction of sp³-hybridized carbons (Fsp3) is 0.588. The van der Waals surface area contributed by atoms with Gasteiger partial charge in [0, 0.05) is 50.8 Å². The number of phenols is 1. The molecular weight excluding hydrogens is 1750 g/mol. The highest BCUT2D eigenvalue weighted by Crippen LogP contribution is 2.25. The number of aromatic hydroxyl groups is 1. The lowest BCUT2D eigenvalue weighted by Crippen LogP contribution is -2.62. The van der Waals surface area contributed by atoms with E-state index in [1.165, 1.54) is 39.8 Å². The van der Waals surface area contributed by atoms with E-state index in [9.17, 15) is 102 Å². The second-order valence-electron chi connectivity index (χ2n) is 31.5. The van der Waals surface area contributed by atoms with Crippen LogP contribution in [-0.4, -0.2) is 290 Å². The highest BCUT2D eigenvalue weighted by molar-refractivity contribution is 8.76. The van der Waals surface area contributed by atoms with Gasteiger partial charge in [0.2, 0.25) is 94.5 Å². The number of aliphatic hydroxyl groups is 2. The first-order valence-corrected chi connectivity index (χ1v) is 44.2. The number of aliphatic carboxylic acids is 3. The van der Waals surface area contributed by atoms with E-state index < -0.39 is 297 Å². The lowest BCUT2D eigenvalue weighted by Gasteiger charge is -2.31. The van der Waals surface area contributed by atoms with Crippen LogP contribution in [0, 0.1) is 34.5 Å². The number of carbonyl (C=O) groups excluding carboxylic acids is 16. The van der Waals surface area contributed by atoms with Crippen LogP contribution in [-0.2, 0) is 104 Å². The molecule has 0 aliphatic carbocycles. The van der Waals surface area contributed by atoms with E-state index in [-0.39, 0.29) is 69.7 Å². The zero-order valence-corrected chi connectivity index (χ0v) is 75.4. The molecule has 724 valence electrons. The molecule has 50 heteroatoms. The molecular formula is C80H127N23O25S2. The van der Waals surface area contributed by atoms with Crippen LogP contribution in [0.4, 0.5) is 0 Å². The van der Waals surface area contributed by atoms with Crippen molar-refractivity contribution < 1.29 is 122 Å². The van der Waals surface area contributed by atoms with Gasteiger partial charge in [-0.2, -0.15) is 0 Å². The summed E-state index contributed by atoms with van der Waals surface area (Å²) in [5.41, 5.74) is 24.1. The Morgan fingerprint density at radius 3 is 1.61 bits per heavy atom. The first-order valence-electron chi connectivity index (χ1n) is 41.7. The van der Waals surface area contributed by atoms with Crippen molar-refractivity contribution in [2.75, 3.05) is 50.9 Å². The molecule has 2 aromatic rings. The summed E-state index contributed by atoms with van der Waals surface area (Å²) in [7, 11) is 1.34. The maximum atomic E-state index is 15.1. The average molecular weight is 1880 g/mol. The summed E-state index contributed by atoms with van der Waals surface area (Å²) >= 11 is 0. The van der Waals surface area contributed by atoms with Gasteiger partial charge in [0.25, 0.3) is 5.97 Å². The largest absolute Gasteiger partial charge is 0.508 e. The van der Waals surface area contributed by atoms with Crippen molar-refractivity contribution in [2.45, 2.75) is 224 Å². The topological polar surface area (TPSA) is 802 Å². The number of primary amides is 1. The van der Waals surface area contributed by atoms with Gasteiger partial charge in [-0.25, -0.2) is 4.79 Å². The molecule has 1 saturated heterocycles. The molecule has 1 aliphatic rings. The Bertz CT molecular complexity index is 4190. The summed E-state index contributed by atoms with van der Waals surface area (Å²) in [6, 6.07) is -9.07. The third-order valence-corrected chi connectivity index (χ3v) is 21.8. The van der Waals surface area contributed by atoms with Crippen LogP contribution < -0.4 is 113 Å².